The Hall–Kier alpha value is -1.02. The number of benzene rings is 1. The smallest absolute Gasteiger partial charge is 0.118 e. The minimum Gasteiger partial charge on any atom is -0.497 e. The van der Waals surface area contributed by atoms with E-state index in [-0.39, 0.29) is 0 Å². The highest BCUT2D eigenvalue weighted by molar-refractivity contribution is 5.27. The lowest BCUT2D eigenvalue weighted by atomic mass is 10.0. The summed E-state index contributed by atoms with van der Waals surface area (Å²) in [5.41, 5.74) is 1.43. The summed E-state index contributed by atoms with van der Waals surface area (Å²) in [4.78, 5) is 2.65. The Bertz CT molecular complexity index is 368. The first-order valence-electron chi connectivity index (χ1n) is 8.74. The molecule has 1 fully saturated rings. The van der Waals surface area contributed by atoms with Crippen molar-refractivity contribution >= 4 is 0 Å². The van der Waals surface area contributed by atoms with E-state index in [2.05, 4.69) is 29.2 Å². The number of methoxy groups -OCH3 is 1. The summed E-state index contributed by atoms with van der Waals surface area (Å²) < 4.78 is 5.19. The first kappa shape index (κ1) is 16.4. The number of ether oxygens (including phenoxy) is 1. The largest absolute Gasteiger partial charge is 0.497 e. The molecular weight excluding hydrogens is 258 g/mol. The van der Waals surface area contributed by atoms with Crippen LogP contribution in [0.2, 0.25) is 0 Å². The van der Waals surface area contributed by atoms with Crippen LogP contribution < -0.4 is 4.74 Å². The van der Waals surface area contributed by atoms with Crippen LogP contribution in [0.4, 0.5) is 0 Å². The standard InChI is InChI=1S/C19H31NO/c1-21-19-13-11-18(12-14-19)10-6-3-2-4-7-15-20-16-8-5-9-17-20/h11-14H,2-10,15-17H2,1H3. The van der Waals surface area contributed by atoms with Crippen LogP contribution in [0.5, 0.6) is 5.75 Å². The van der Waals surface area contributed by atoms with Crippen LogP contribution in [-0.2, 0) is 6.42 Å². The molecule has 0 aromatic heterocycles. The summed E-state index contributed by atoms with van der Waals surface area (Å²) in [6.45, 7) is 4.02. The van der Waals surface area contributed by atoms with Crippen LogP contribution in [0.3, 0.4) is 0 Å². The van der Waals surface area contributed by atoms with Gasteiger partial charge in [-0.05, 0) is 69.4 Å². The zero-order valence-electron chi connectivity index (χ0n) is 13.7. The number of hydrogen-bond acceptors (Lipinski definition) is 2. The molecule has 0 bridgehead atoms. The quantitative estimate of drug-likeness (QED) is 0.612. The normalized spacial score (nSPS) is 16.0. The van der Waals surface area contributed by atoms with Gasteiger partial charge >= 0.3 is 0 Å². The molecule has 0 aliphatic carbocycles. The maximum Gasteiger partial charge on any atom is 0.118 e. The summed E-state index contributed by atoms with van der Waals surface area (Å²) in [7, 11) is 1.72. The monoisotopic (exact) mass is 289 g/mol. The summed E-state index contributed by atoms with van der Waals surface area (Å²) in [5, 5.41) is 0. The molecule has 0 radical (unpaired) electrons. The van der Waals surface area contributed by atoms with Crippen LogP contribution in [0.25, 0.3) is 0 Å². The van der Waals surface area contributed by atoms with Crippen molar-refractivity contribution < 1.29 is 4.74 Å². The lowest BCUT2D eigenvalue weighted by molar-refractivity contribution is 0.224. The summed E-state index contributed by atoms with van der Waals surface area (Å²) >= 11 is 0. The molecule has 1 aromatic carbocycles. The molecule has 118 valence electrons. The van der Waals surface area contributed by atoms with Crippen molar-refractivity contribution in [3.8, 4) is 5.75 Å². The summed E-state index contributed by atoms with van der Waals surface area (Å²) in [5.74, 6) is 0.955. The Morgan fingerprint density at radius 3 is 2.24 bits per heavy atom. The van der Waals surface area contributed by atoms with Crippen LogP contribution >= 0.6 is 0 Å². The van der Waals surface area contributed by atoms with E-state index in [1.54, 1.807) is 7.11 Å². The third kappa shape index (κ3) is 6.52. The third-order valence-electron chi connectivity index (χ3n) is 4.55. The minimum absolute atomic E-state index is 0.955. The third-order valence-corrected chi connectivity index (χ3v) is 4.55. The van der Waals surface area contributed by atoms with E-state index in [1.165, 1.54) is 83.0 Å². The number of nitrogens with zero attached hydrogens (tertiary/aromatic N) is 1. The Morgan fingerprint density at radius 1 is 0.857 bits per heavy atom. The lowest BCUT2D eigenvalue weighted by Crippen LogP contribution is -2.30. The highest BCUT2D eigenvalue weighted by atomic mass is 16.5. The van der Waals surface area contributed by atoms with Gasteiger partial charge in [0.15, 0.2) is 0 Å². The molecule has 1 aromatic rings. The zero-order chi connectivity index (χ0) is 14.8. The molecule has 0 spiro atoms. The fraction of sp³-hybridized carbons (Fsp3) is 0.684. The first-order chi connectivity index (χ1) is 10.4. The molecule has 1 aliphatic rings. The van der Waals surface area contributed by atoms with E-state index in [0.29, 0.717) is 0 Å². The van der Waals surface area contributed by atoms with Gasteiger partial charge in [-0.3, -0.25) is 0 Å². The van der Waals surface area contributed by atoms with E-state index in [4.69, 9.17) is 4.74 Å². The Kier molecular flexibility index (Phi) is 7.66. The molecule has 21 heavy (non-hydrogen) atoms. The summed E-state index contributed by atoms with van der Waals surface area (Å²) in [6.07, 6.45) is 12.4. The second kappa shape index (κ2) is 9.83. The van der Waals surface area contributed by atoms with Crippen molar-refractivity contribution in [2.24, 2.45) is 0 Å². The van der Waals surface area contributed by atoms with Gasteiger partial charge in [0.1, 0.15) is 5.75 Å². The van der Waals surface area contributed by atoms with Crippen molar-refractivity contribution in [3.63, 3.8) is 0 Å². The van der Waals surface area contributed by atoms with Gasteiger partial charge in [-0.25, -0.2) is 0 Å². The van der Waals surface area contributed by atoms with Gasteiger partial charge in [0.2, 0.25) is 0 Å². The van der Waals surface area contributed by atoms with Crippen LogP contribution in [0, 0.1) is 0 Å². The summed E-state index contributed by atoms with van der Waals surface area (Å²) in [6, 6.07) is 8.51. The fourth-order valence-corrected chi connectivity index (χ4v) is 3.17. The van der Waals surface area contributed by atoms with Crippen molar-refractivity contribution in [1.29, 1.82) is 0 Å². The molecule has 1 heterocycles. The van der Waals surface area contributed by atoms with Gasteiger partial charge < -0.3 is 9.64 Å². The number of hydrogen-bond donors (Lipinski definition) is 0. The molecule has 0 N–H and O–H groups in total. The van der Waals surface area contributed by atoms with Crippen molar-refractivity contribution in [3.05, 3.63) is 29.8 Å². The predicted molar refractivity (Wildman–Crippen MR) is 90.1 cm³/mol. The fourth-order valence-electron chi connectivity index (χ4n) is 3.17. The van der Waals surface area contributed by atoms with E-state index in [9.17, 15) is 0 Å². The number of aryl methyl sites for hydroxylation is 1. The van der Waals surface area contributed by atoms with Crippen LogP contribution in [0.1, 0.15) is 56.9 Å². The van der Waals surface area contributed by atoms with Crippen molar-refractivity contribution in [1.82, 2.24) is 4.90 Å². The Balaban J connectivity index is 1.46. The van der Waals surface area contributed by atoms with Crippen LogP contribution in [-0.4, -0.2) is 31.6 Å². The Labute approximate surface area is 130 Å². The van der Waals surface area contributed by atoms with Crippen LogP contribution in [0.15, 0.2) is 24.3 Å². The highest BCUT2D eigenvalue weighted by Gasteiger charge is 2.08. The van der Waals surface area contributed by atoms with Crippen molar-refractivity contribution in [2.75, 3.05) is 26.7 Å². The van der Waals surface area contributed by atoms with Gasteiger partial charge in [-0.2, -0.15) is 0 Å². The lowest BCUT2D eigenvalue weighted by Gasteiger charge is -2.26. The van der Waals surface area contributed by atoms with Gasteiger partial charge in [-0.1, -0.05) is 37.8 Å². The highest BCUT2D eigenvalue weighted by Crippen LogP contribution is 2.15. The van der Waals surface area contributed by atoms with Gasteiger partial charge in [0.25, 0.3) is 0 Å². The maximum atomic E-state index is 5.19. The minimum atomic E-state index is 0.955. The number of rotatable bonds is 9. The van der Waals surface area contributed by atoms with Gasteiger partial charge in [0.05, 0.1) is 7.11 Å². The number of piperidine rings is 1. The van der Waals surface area contributed by atoms with Gasteiger partial charge in [-0.15, -0.1) is 0 Å². The molecule has 2 rings (SSSR count). The van der Waals surface area contributed by atoms with E-state index >= 15 is 0 Å². The molecule has 2 heteroatoms. The second-order valence-electron chi connectivity index (χ2n) is 6.27. The molecule has 1 saturated heterocycles. The van der Waals surface area contributed by atoms with E-state index < -0.39 is 0 Å². The predicted octanol–water partition coefficient (Wildman–Crippen LogP) is 4.67. The molecule has 1 aliphatic heterocycles. The molecule has 0 amide bonds. The molecule has 0 atom stereocenters. The van der Waals surface area contributed by atoms with Gasteiger partial charge in [0, 0.05) is 0 Å². The first-order valence-corrected chi connectivity index (χ1v) is 8.74. The average Bonchev–Trinajstić information content (AvgIpc) is 2.55. The second-order valence-corrected chi connectivity index (χ2v) is 6.27. The molecule has 0 saturated carbocycles. The molecule has 0 unspecified atom stereocenters. The molecule has 2 nitrogen and oxygen atoms in total. The number of unbranched alkanes of at least 4 members (excludes halogenated alkanes) is 4. The number of likely N-dealkylation sites (tertiary alicyclic amines) is 1. The topological polar surface area (TPSA) is 12.5 Å². The maximum absolute atomic E-state index is 5.19. The Morgan fingerprint density at radius 2 is 1.52 bits per heavy atom. The average molecular weight is 289 g/mol. The van der Waals surface area contributed by atoms with Crippen molar-refractivity contribution in [2.45, 2.75) is 57.8 Å². The molecular formula is C19H31NO. The zero-order valence-corrected chi connectivity index (χ0v) is 13.7. The SMILES string of the molecule is COc1ccc(CCCCCCCN2CCCCC2)cc1. The van der Waals surface area contributed by atoms with E-state index in [0.717, 1.165) is 5.75 Å². The van der Waals surface area contributed by atoms with E-state index in [1.807, 2.05) is 0 Å².